The van der Waals surface area contributed by atoms with Crippen LogP contribution in [0.1, 0.15) is 11.5 Å². The summed E-state index contributed by atoms with van der Waals surface area (Å²) in [7, 11) is 2.24. The van der Waals surface area contributed by atoms with Crippen LogP contribution in [-0.2, 0) is 11.3 Å². The van der Waals surface area contributed by atoms with Crippen molar-refractivity contribution in [1.82, 2.24) is 5.16 Å². The molecular weight excluding hydrogens is 180 g/mol. The van der Waals surface area contributed by atoms with Gasteiger partial charge < -0.3 is 13.7 Å². The van der Waals surface area contributed by atoms with Crippen LogP contribution in [0.5, 0.6) is 0 Å². The number of hydrogen-bond acceptors (Lipinski definition) is 3. The number of aromatic nitrogens is 1. The van der Waals surface area contributed by atoms with E-state index in [2.05, 4.69) is 12.2 Å². The fourth-order valence-corrected chi connectivity index (χ4v) is 1.83. The zero-order chi connectivity index (χ0) is 10.0. The predicted molar refractivity (Wildman–Crippen MR) is 51.7 cm³/mol. The molecule has 0 saturated carbocycles. The molecule has 0 aliphatic carbocycles. The average Bonchev–Trinajstić information content (AvgIpc) is 2.51. The first kappa shape index (κ1) is 9.68. The molecule has 1 aromatic heterocycles. The molecular formula is C10H17N2O2+. The van der Waals surface area contributed by atoms with Gasteiger partial charge in [-0.3, -0.25) is 0 Å². The quantitative estimate of drug-likeness (QED) is 0.662. The lowest BCUT2D eigenvalue weighted by atomic mass is 10.3. The minimum atomic E-state index is 0.854. The standard InChI is InChI=1S/C10H17N2O2/c1-9-7-10(11-14-9)8-12(2)3-5-13-6-4-12/h7H,3-6,8H2,1-2H3/q+1. The van der Waals surface area contributed by atoms with Crippen LogP contribution in [0, 0.1) is 6.92 Å². The van der Waals surface area contributed by atoms with E-state index in [-0.39, 0.29) is 0 Å². The van der Waals surface area contributed by atoms with Crippen molar-refractivity contribution in [3.05, 3.63) is 17.5 Å². The van der Waals surface area contributed by atoms with Crippen molar-refractivity contribution in [2.24, 2.45) is 0 Å². The van der Waals surface area contributed by atoms with Crippen LogP contribution in [0.2, 0.25) is 0 Å². The molecule has 0 unspecified atom stereocenters. The van der Waals surface area contributed by atoms with Crippen LogP contribution in [0.4, 0.5) is 0 Å². The molecule has 0 amide bonds. The van der Waals surface area contributed by atoms with E-state index in [1.54, 1.807) is 0 Å². The summed E-state index contributed by atoms with van der Waals surface area (Å²) in [5.74, 6) is 0.889. The molecule has 4 nitrogen and oxygen atoms in total. The smallest absolute Gasteiger partial charge is 0.138 e. The van der Waals surface area contributed by atoms with Crippen molar-refractivity contribution in [1.29, 1.82) is 0 Å². The highest BCUT2D eigenvalue weighted by Crippen LogP contribution is 2.14. The highest BCUT2D eigenvalue weighted by Gasteiger charge is 2.26. The minimum absolute atomic E-state index is 0.854. The van der Waals surface area contributed by atoms with Crippen molar-refractivity contribution in [2.45, 2.75) is 13.5 Å². The van der Waals surface area contributed by atoms with Gasteiger partial charge in [-0.15, -0.1) is 0 Å². The third-order valence-electron chi connectivity index (χ3n) is 2.77. The fraction of sp³-hybridized carbons (Fsp3) is 0.700. The van der Waals surface area contributed by atoms with E-state index in [1.165, 1.54) is 0 Å². The Labute approximate surface area is 84.0 Å². The van der Waals surface area contributed by atoms with Gasteiger partial charge in [-0.1, -0.05) is 5.16 Å². The Bertz CT molecular complexity index is 303. The highest BCUT2D eigenvalue weighted by molar-refractivity contribution is 5.01. The van der Waals surface area contributed by atoms with Gasteiger partial charge in [0.2, 0.25) is 0 Å². The summed E-state index contributed by atoms with van der Waals surface area (Å²) in [6.45, 7) is 6.70. The SMILES string of the molecule is Cc1cc(C[N+]2(C)CCOCC2)no1. The van der Waals surface area contributed by atoms with Crippen LogP contribution >= 0.6 is 0 Å². The topological polar surface area (TPSA) is 35.3 Å². The maximum atomic E-state index is 5.35. The number of ether oxygens (including phenoxy) is 1. The average molecular weight is 197 g/mol. The molecule has 0 radical (unpaired) electrons. The number of rotatable bonds is 2. The molecule has 1 aromatic rings. The van der Waals surface area contributed by atoms with Gasteiger partial charge in [0.05, 0.1) is 20.3 Å². The van der Waals surface area contributed by atoms with Crippen molar-refractivity contribution in [3.8, 4) is 0 Å². The zero-order valence-electron chi connectivity index (χ0n) is 8.82. The van der Waals surface area contributed by atoms with Crippen molar-refractivity contribution in [3.63, 3.8) is 0 Å². The maximum Gasteiger partial charge on any atom is 0.138 e. The van der Waals surface area contributed by atoms with E-state index in [0.717, 1.165) is 48.8 Å². The molecule has 2 rings (SSSR count). The summed E-state index contributed by atoms with van der Waals surface area (Å²) < 4.78 is 11.4. The molecule has 1 aliphatic heterocycles. The van der Waals surface area contributed by atoms with Gasteiger partial charge in [0.1, 0.15) is 31.1 Å². The molecule has 0 N–H and O–H groups in total. The number of morpholine rings is 1. The molecule has 2 heterocycles. The van der Waals surface area contributed by atoms with E-state index in [9.17, 15) is 0 Å². The van der Waals surface area contributed by atoms with E-state index >= 15 is 0 Å². The Balaban J connectivity index is 2.01. The number of hydrogen-bond donors (Lipinski definition) is 0. The maximum absolute atomic E-state index is 5.35. The van der Waals surface area contributed by atoms with Gasteiger partial charge in [-0.05, 0) is 6.92 Å². The third-order valence-corrected chi connectivity index (χ3v) is 2.77. The second-order valence-corrected chi connectivity index (χ2v) is 4.27. The molecule has 1 aliphatic rings. The van der Waals surface area contributed by atoms with Gasteiger partial charge in [-0.2, -0.15) is 0 Å². The normalized spacial score (nSPS) is 21.0. The minimum Gasteiger partial charge on any atom is -0.370 e. The largest absolute Gasteiger partial charge is 0.370 e. The molecule has 4 heteroatoms. The fourth-order valence-electron chi connectivity index (χ4n) is 1.83. The van der Waals surface area contributed by atoms with Crippen LogP contribution in [-0.4, -0.2) is 43.0 Å². The Hall–Kier alpha value is -0.870. The van der Waals surface area contributed by atoms with Crippen LogP contribution in [0.25, 0.3) is 0 Å². The highest BCUT2D eigenvalue weighted by atomic mass is 16.5. The van der Waals surface area contributed by atoms with Gasteiger partial charge in [0.25, 0.3) is 0 Å². The number of aryl methyl sites for hydroxylation is 1. The van der Waals surface area contributed by atoms with Gasteiger partial charge in [-0.25, -0.2) is 0 Å². The summed E-state index contributed by atoms with van der Waals surface area (Å²) in [5.41, 5.74) is 1.05. The summed E-state index contributed by atoms with van der Waals surface area (Å²) in [6, 6.07) is 2.01. The van der Waals surface area contributed by atoms with Crippen molar-refractivity contribution in [2.75, 3.05) is 33.4 Å². The summed E-state index contributed by atoms with van der Waals surface area (Å²) in [6.07, 6.45) is 0. The first-order valence-electron chi connectivity index (χ1n) is 5.01. The lowest BCUT2D eigenvalue weighted by Gasteiger charge is -2.36. The van der Waals surface area contributed by atoms with Crippen molar-refractivity contribution < 1.29 is 13.7 Å². The van der Waals surface area contributed by atoms with Gasteiger partial charge >= 0.3 is 0 Å². The Morgan fingerprint density at radius 1 is 1.43 bits per heavy atom. The molecule has 0 atom stereocenters. The Morgan fingerprint density at radius 2 is 2.14 bits per heavy atom. The predicted octanol–water partition coefficient (Wildman–Crippen LogP) is 0.960. The summed E-state index contributed by atoms with van der Waals surface area (Å²) >= 11 is 0. The Kier molecular flexibility index (Phi) is 2.56. The molecule has 0 spiro atoms. The Morgan fingerprint density at radius 3 is 2.71 bits per heavy atom. The van der Waals surface area contributed by atoms with E-state index < -0.39 is 0 Å². The first-order valence-corrected chi connectivity index (χ1v) is 5.01. The second kappa shape index (κ2) is 3.71. The van der Waals surface area contributed by atoms with Crippen LogP contribution in [0.3, 0.4) is 0 Å². The molecule has 1 saturated heterocycles. The van der Waals surface area contributed by atoms with E-state index in [1.807, 2.05) is 13.0 Å². The van der Waals surface area contributed by atoms with Crippen LogP contribution < -0.4 is 0 Å². The summed E-state index contributed by atoms with van der Waals surface area (Å²) in [4.78, 5) is 0. The monoisotopic (exact) mass is 197 g/mol. The van der Waals surface area contributed by atoms with Crippen molar-refractivity contribution >= 4 is 0 Å². The first-order chi connectivity index (χ1) is 6.68. The molecule has 1 fully saturated rings. The third kappa shape index (κ3) is 2.13. The zero-order valence-corrected chi connectivity index (χ0v) is 8.82. The summed E-state index contributed by atoms with van der Waals surface area (Å²) in [5, 5.41) is 4.02. The molecule has 78 valence electrons. The molecule has 0 bridgehead atoms. The number of likely N-dealkylation sites (N-methyl/N-ethyl adjacent to an activating group) is 1. The molecule has 0 aromatic carbocycles. The van der Waals surface area contributed by atoms with Crippen LogP contribution in [0.15, 0.2) is 10.6 Å². The number of nitrogens with zero attached hydrogens (tertiary/aromatic N) is 2. The van der Waals surface area contributed by atoms with E-state index in [0.29, 0.717) is 0 Å². The van der Waals surface area contributed by atoms with Gasteiger partial charge in [0, 0.05) is 6.07 Å². The molecule has 14 heavy (non-hydrogen) atoms. The lowest BCUT2D eigenvalue weighted by Crippen LogP contribution is -2.51. The second-order valence-electron chi connectivity index (χ2n) is 4.27. The number of quaternary nitrogens is 1. The lowest BCUT2D eigenvalue weighted by molar-refractivity contribution is -0.929. The van der Waals surface area contributed by atoms with E-state index in [4.69, 9.17) is 9.26 Å². The van der Waals surface area contributed by atoms with Gasteiger partial charge in [0.15, 0.2) is 0 Å².